The molecule has 1 N–H and O–H groups in total. The Morgan fingerprint density at radius 2 is 2.00 bits per heavy atom. The molecule has 1 fully saturated rings. The highest BCUT2D eigenvalue weighted by molar-refractivity contribution is 5.73. The second kappa shape index (κ2) is 6.04. The van der Waals surface area contributed by atoms with Crippen molar-refractivity contribution in [3.05, 3.63) is 24.3 Å². The van der Waals surface area contributed by atoms with Gasteiger partial charge in [-0.25, -0.2) is 0 Å². The van der Waals surface area contributed by atoms with Gasteiger partial charge < -0.3 is 15.1 Å². The molecule has 0 saturated carbocycles. The van der Waals surface area contributed by atoms with Crippen molar-refractivity contribution in [2.75, 3.05) is 43.0 Å². The highest BCUT2D eigenvalue weighted by atomic mass is 15.3. The number of piperidine rings is 1. The Morgan fingerprint density at radius 1 is 1.20 bits per heavy atom. The number of hydrogen-bond acceptors (Lipinski definition) is 3. The van der Waals surface area contributed by atoms with Crippen molar-refractivity contribution in [1.29, 1.82) is 0 Å². The normalized spacial score (nSPS) is 26.5. The molecule has 2 atom stereocenters. The molecule has 1 saturated heterocycles. The third kappa shape index (κ3) is 2.78. The standard InChI is InChI=1S/C17H27N3/c1-3-14-8-9-18-15(12-14)13-20-11-10-19(2)16-6-4-5-7-17(16)20/h4-7,14-15,18H,3,8-13H2,1-2H3. The van der Waals surface area contributed by atoms with Gasteiger partial charge in [0.05, 0.1) is 11.4 Å². The molecule has 1 aromatic carbocycles. The maximum absolute atomic E-state index is 3.72. The average molecular weight is 273 g/mol. The summed E-state index contributed by atoms with van der Waals surface area (Å²) in [6.45, 7) is 6.95. The number of likely N-dealkylation sites (N-methyl/N-ethyl adjacent to an activating group) is 1. The first-order valence-electron chi connectivity index (χ1n) is 8.06. The number of rotatable bonds is 3. The van der Waals surface area contributed by atoms with Crippen LogP contribution in [0.3, 0.4) is 0 Å². The van der Waals surface area contributed by atoms with Crippen molar-refractivity contribution in [1.82, 2.24) is 5.32 Å². The molecule has 3 heteroatoms. The monoisotopic (exact) mass is 273 g/mol. The van der Waals surface area contributed by atoms with Gasteiger partial charge in [-0.3, -0.25) is 0 Å². The minimum absolute atomic E-state index is 0.658. The molecule has 0 radical (unpaired) electrons. The van der Waals surface area contributed by atoms with E-state index in [1.165, 1.54) is 37.2 Å². The lowest BCUT2D eigenvalue weighted by Crippen LogP contribution is -2.49. The number of benzene rings is 1. The van der Waals surface area contributed by atoms with Crippen molar-refractivity contribution < 1.29 is 0 Å². The molecule has 0 spiro atoms. The molecule has 0 aliphatic carbocycles. The molecule has 2 heterocycles. The van der Waals surface area contributed by atoms with Crippen LogP contribution in [0.4, 0.5) is 11.4 Å². The van der Waals surface area contributed by atoms with Gasteiger partial charge in [-0.1, -0.05) is 25.5 Å². The number of nitrogens with one attached hydrogen (secondary N) is 1. The molecular weight excluding hydrogens is 246 g/mol. The minimum atomic E-state index is 0.658. The summed E-state index contributed by atoms with van der Waals surface area (Å²) in [5.41, 5.74) is 2.78. The van der Waals surface area contributed by atoms with Crippen molar-refractivity contribution in [2.24, 2.45) is 5.92 Å². The zero-order valence-electron chi connectivity index (χ0n) is 12.8. The number of nitrogens with zero attached hydrogens (tertiary/aromatic N) is 2. The van der Waals surface area contributed by atoms with Crippen LogP contribution in [0.5, 0.6) is 0 Å². The van der Waals surface area contributed by atoms with E-state index in [4.69, 9.17) is 0 Å². The predicted molar refractivity (Wildman–Crippen MR) is 86.7 cm³/mol. The van der Waals surface area contributed by atoms with Crippen LogP contribution in [0.2, 0.25) is 0 Å². The summed E-state index contributed by atoms with van der Waals surface area (Å²) >= 11 is 0. The van der Waals surface area contributed by atoms with Crippen LogP contribution in [0.15, 0.2) is 24.3 Å². The smallest absolute Gasteiger partial charge is 0.0605 e. The van der Waals surface area contributed by atoms with Gasteiger partial charge in [0, 0.05) is 32.7 Å². The van der Waals surface area contributed by atoms with E-state index in [-0.39, 0.29) is 0 Å². The van der Waals surface area contributed by atoms with E-state index in [1.807, 2.05) is 0 Å². The van der Waals surface area contributed by atoms with Gasteiger partial charge in [0.2, 0.25) is 0 Å². The first kappa shape index (κ1) is 13.7. The van der Waals surface area contributed by atoms with Crippen LogP contribution in [-0.4, -0.2) is 39.3 Å². The highest BCUT2D eigenvalue weighted by Gasteiger charge is 2.25. The topological polar surface area (TPSA) is 18.5 Å². The second-order valence-corrected chi connectivity index (χ2v) is 6.31. The summed E-state index contributed by atoms with van der Waals surface area (Å²) in [4.78, 5) is 4.94. The van der Waals surface area contributed by atoms with E-state index in [2.05, 4.69) is 53.4 Å². The van der Waals surface area contributed by atoms with E-state index in [0.717, 1.165) is 25.6 Å². The lowest BCUT2D eigenvalue weighted by molar-refractivity contribution is 0.295. The van der Waals surface area contributed by atoms with Crippen molar-refractivity contribution in [2.45, 2.75) is 32.2 Å². The maximum atomic E-state index is 3.72. The van der Waals surface area contributed by atoms with Crippen molar-refractivity contribution in [3.63, 3.8) is 0 Å². The lowest BCUT2D eigenvalue weighted by Gasteiger charge is -2.40. The third-order valence-corrected chi connectivity index (χ3v) is 4.96. The summed E-state index contributed by atoms with van der Waals surface area (Å²) in [7, 11) is 2.20. The Kier molecular flexibility index (Phi) is 4.16. The molecule has 3 nitrogen and oxygen atoms in total. The van der Waals surface area contributed by atoms with Gasteiger partial charge >= 0.3 is 0 Å². The fourth-order valence-electron chi connectivity index (χ4n) is 3.63. The predicted octanol–water partition coefficient (Wildman–Crippen LogP) is 2.72. The Hall–Kier alpha value is -1.22. The Bertz CT molecular complexity index is 446. The van der Waals surface area contributed by atoms with Gasteiger partial charge in [0.15, 0.2) is 0 Å². The first-order valence-corrected chi connectivity index (χ1v) is 8.06. The van der Waals surface area contributed by atoms with Crippen LogP contribution in [0.25, 0.3) is 0 Å². The van der Waals surface area contributed by atoms with Crippen molar-refractivity contribution in [3.8, 4) is 0 Å². The Balaban J connectivity index is 1.70. The van der Waals surface area contributed by atoms with Crippen LogP contribution in [0, 0.1) is 5.92 Å². The SMILES string of the molecule is CCC1CCNC(CN2CCN(C)c3ccccc32)C1. The molecule has 0 amide bonds. The summed E-state index contributed by atoms with van der Waals surface area (Å²) in [6.07, 6.45) is 4.02. The number of hydrogen-bond donors (Lipinski definition) is 1. The van der Waals surface area contributed by atoms with Crippen LogP contribution >= 0.6 is 0 Å². The summed E-state index contributed by atoms with van der Waals surface area (Å²) in [5, 5.41) is 3.72. The van der Waals surface area contributed by atoms with Gasteiger partial charge in [0.25, 0.3) is 0 Å². The molecule has 0 bridgehead atoms. The summed E-state index contributed by atoms with van der Waals surface area (Å²) in [6, 6.07) is 9.47. The average Bonchev–Trinajstić information content (AvgIpc) is 2.51. The van der Waals surface area contributed by atoms with Crippen molar-refractivity contribution >= 4 is 11.4 Å². The van der Waals surface area contributed by atoms with Crippen LogP contribution < -0.4 is 15.1 Å². The maximum Gasteiger partial charge on any atom is 0.0605 e. The fourth-order valence-corrected chi connectivity index (χ4v) is 3.63. The zero-order chi connectivity index (χ0) is 13.9. The first-order chi connectivity index (χ1) is 9.78. The molecule has 2 aliphatic heterocycles. The fraction of sp³-hybridized carbons (Fsp3) is 0.647. The van der Waals surface area contributed by atoms with E-state index in [9.17, 15) is 0 Å². The molecule has 3 rings (SSSR count). The Morgan fingerprint density at radius 3 is 2.80 bits per heavy atom. The van der Waals surface area contributed by atoms with E-state index in [1.54, 1.807) is 0 Å². The summed E-state index contributed by atoms with van der Waals surface area (Å²) in [5.74, 6) is 0.920. The quantitative estimate of drug-likeness (QED) is 0.913. The van der Waals surface area contributed by atoms with Crippen LogP contribution in [0.1, 0.15) is 26.2 Å². The molecule has 0 aromatic heterocycles. The zero-order valence-corrected chi connectivity index (χ0v) is 12.8. The molecular formula is C17H27N3. The van der Waals surface area contributed by atoms with Gasteiger partial charge in [-0.15, -0.1) is 0 Å². The summed E-state index contributed by atoms with van der Waals surface area (Å²) < 4.78 is 0. The lowest BCUT2D eigenvalue weighted by atomic mass is 9.90. The Labute approximate surface area is 123 Å². The number of para-hydroxylation sites is 2. The van der Waals surface area contributed by atoms with Gasteiger partial charge in [0.1, 0.15) is 0 Å². The number of anilines is 2. The van der Waals surface area contributed by atoms with E-state index < -0.39 is 0 Å². The van der Waals surface area contributed by atoms with Gasteiger partial charge in [-0.05, 0) is 37.4 Å². The minimum Gasteiger partial charge on any atom is -0.371 e. The highest BCUT2D eigenvalue weighted by Crippen LogP contribution is 2.32. The van der Waals surface area contributed by atoms with E-state index in [0.29, 0.717) is 6.04 Å². The largest absolute Gasteiger partial charge is 0.371 e. The second-order valence-electron chi connectivity index (χ2n) is 6.31. The number of fused-ring (bicyclic) bond motifs is 1. The van der Waals surface area contributed by atoms with E-state index >= 15 is 0 Å². The molecule has 1 aromatic rings. The molecule has 20 heavy (non-hydrogen) atoms. The third-order valence-electron chi connectivity index (χ3n) is 4.96. The molecule has 2 unspecified atom stereocenters. The molecule has 2 aliphatic rings. The molecule has 110 valence electrons. The van der Waals surface area contributed by atoms with Crippen LogP contribution in [-0.2, 0) is 0 Å². The van der Waals surface area contributed by atoms with Gasteiger partial charge in [-0.2, -0.15) is 0 Å².